The first kappa shape index (κ1) is 21.1. The predicted molar refractivity (Wildman–Crippen MR) is 117 cm³/mol. The van der Waals surface area contributed by atoms with Crippen molar-refractivity contribution in [3.8, 4) is 0 Å². The van der Waals surface area contributed by atoms with Gasteiger partial charge >= 0.3 is 0 Å². The van der Waals surface area contributed by atoms with Crippen molar-refractivity contribution in [3.05, 3.63) is 71.3 Å². The minimum Gasteiger partial charge on any atom is -0.530 e. The molecule has 0 aliphatic carbocycles. The number of likely N-dealkylation sites (N-methyl/N-ethyl adjacent to an activating group) is 1. The lowest BCUT2D eigenvalue weighted by molar-refractivity contribution is -0.250. The summed E-state index contributed by atoms with van der Waals surface area (Å²) in [5, 5.41) is 15.2. The summed E-state index contributed by atoms with van der Waals surface area (Å²) in [7, 11) is 2.07. The summed E-state index contributed by atoms with van der Waals surface area (Å²) >= 11 is 0. The smallest absolute Gasteiger partial charge is 0.251 e. The van der Waals surface area contributed by atoms with E-state index in [0.717, 1.165) is 29.9 Å². The van der Waals surface area contributed by atoms with E-state index < -0.39 is 6.09 Å². The van der Waals surface area contributed by atoms with Gasteiger partial charge in [-0.1, -0.05) is 36.4 Å². The van der Waals surface area contributed by atoms with Gasteiger partial charge < -0.3 is 25.4 Å². The molecular formula is C23H25N4O3-. The number of amides is 2. The number of nitrogens with zero attached hydrogens (tertiary/aromatic N) is 2. The van der Waals surface area contributed by atoms with Gasteiger partial charge in [-0.3, -0.25) is 9.79 Å². The second kappa shape index (κ2) is 10.2. The van der Waals surface area contributed by atoms with Crippen LogP contribution in [0.2, 0.25) is 0 Å². The van der Waals surface area contributed by atoms with Gasteiger partial charge in [0.15, 0.2) is 0 Å². The number of nitrogens with one attached hydrogen (secondary N) is 2. The van der Waals surface area contributed by atoms with Gasteiger partial charge in [0, 0.05) is 43.5 Å². The summed E-state index contributed by atoms with van der Waals surface area (Å²) in [6, 6.07) is 15.5. The molecule has 0 bridgehead atoms. The molecule has 1 heterocycles. The number of para-hydroxylation sites is 1. The summed E-state index contributed by atoms with van der Waals surface area (Å²) in [6.07, 6.45) is 3.19. The number of hydrogen-bond acceptors (Lipinski definition) is 5. The molecule has 0 saturated heterocycles. The number of allylic oxidation sites excluding steroid dienone is 1. The summed E-state index contributed by atoms with van der Waals surface area (Å²) in [5.74, 6) is -0.191. The third-order valence-electron chi connectivity index (χ3n) is 4.82. The predicted octanol–water partition coefficient (Wildman–Crippen LogP) is 1.69. The van der Waals surface area contributed by atoms with Crippen LogP contribution in [-0.2, 0) is 0 Å². The molecule has 156 valence electrons. The molecule has 0 atom stereocenters. The van der Waals surface area contributed by atoms with Crippen LogP contribution in [0.4, 0.5) is 10.5 Å². The number of hydrogen-bond donors (Lipinski definition) is 2. The fraction of sp³-hybridized carbons (Fsp3) is 0.261. The number of benzodiazepines with no additional fused rings is 1. The van der Waals surface area contributed by atoms with Crippen molar-refractivity contribution in [1.82, 2.24) is 10.6 Å². The van der Waals surface area contributed by atoms with Gasteiger partial charge in [-0.05, 0) is 36.3 Å². The Labute approximate surface area is 176 Å². The lowest BCUT2D eigenvalue weighted by Crippen LogP contribution is -2.38. The van der Waals surface area contributed by atoms with Crippen LogP contribution in [0, 0.1) is 0 Å². The number of carbonyl (C=O) groups excluding carboxylic acids is 2. The Kier molecular flexibility index (Phi) is 7.21. The van der Waals surface area contributed by atoms with E-state index in [1.807, 2.05) is 36.4 Å². The Morgan fingerprint density at radius 2 is 1.80 bits per heavy atom. The third kappa shape index (κ3) is 5.70. The Bertz CT molecular complexity index is 951. The van der Waals surface area contributed by atoms with Crippen molar-refractivity contribution in [2.75, 3.05) is 38.1 Å². The van der Waals surface area contributed by atoms with E-state index in [9.17, 15) is 14.7 Å². The average Bonchev–Trinajstić information content (AvgIpc) is 2.91. The second-order valence-electron chi connectivity index (χ2n) is 6.98. The Morgan fingerprint density at radius 1 is 1.07 bits per heavy atom. The van der Waals surface area contributed by atoms with Gasteiger partial charge in [0.2, 0.25) is 0 Å². The number of carboxylic acid groups (broad SMARTS) is 1. The first-order chi connectivity index (χ1) is 14.5. The maximum Gasteiger partial charge on any atom is 0.251 e. The molecule has 0 radical (unpaired) electrons. The van der Waals surface area contributed by atoms with Gasteiger partial charge in [-0.15, -0.1) is 0 Å². The van der Waals surface area contributed by atoms with Gasteiger partial charge in [0.1, 0.15) is 6.09 Å². The average molecular weight is 405 g/mol. The zero-order valence-electron chi connectivity index (χ0n) is 16.9. The van der Waals surface area contributed by atoms with E-state index in [2.05, 4.69) is 34.7 Å². The number of anilines is 1. The molecule has 0 spiro atoms. The minimum atomic E-state index is -1.31. The molecule has 7 nitrogen and oxygen atoms in total. The maximum absolute atomic E-state index is 12.2. The van der Waals surface area contributed by atoms with E-state index >= 15 is 0 Å². The number of benzene rings is 2. The SMILES string of the molecule is CN1CCN=C(/C=C/c2ccc(C(=O)NCCCNC(=O)[O-])cc2)c2ccccc21. The van der Waals surface area contributed by atoms with Crippen LogP contribution in [0.5, 0.6) is 0 Å². The highest BCUT2D eigenvalue weighted by molar-refractivity contribution is 6.14. The normalized spacial score (nSPS) is 13.4. The largest absolute Gasteiger partial charge is 0.530 e. The van der Waals surface area contributed by atoms with Crippen molar-refractivity contribution >= 4 is 29.5 Å². The second-order valence-corrected chi connectivity index (χ2v) is 6.98. The van der Waals surface area contributed by atoms with Crippen molar-refractivity contribution in [3.63, 3.8) is 0 Å². The van der Waals surface area contributed by atoms with Crippen molar-refractivity contribution in [2.24, 2.45) is 4.99 Å². The van der Waals surface area contributed by atoms with Crippen molar-refractivity contribution in [1.29, 1.82) is 0 Å². The molecule has 2 N–H and O–H groups in total. The topological polar surface area (TPSA) is 96.9 Å². The Balaban J connectivity index is 1.60. The molecule has 0 fully saturated rings. The molecular weight excluding hydrogens is 380 g/mol. The van der Waals surface area contributed by atoms with Gasteiger partial charge in [-0.25, -0.2) is 0 Å². The standard InChI is InChI=1S/C23H26N4O3/c1-27-16-15-24-20(19-5-2-3-6-21(19)27)12-9-17-7-10-18(11-8-17)22(28)25-13-4-14-26-23(29)30/h2-3,5-12,26H,4,13-16H2,1H3,(H,25,28)(H,29,30)/p-1/b12-9+. The molecule has 2 aromatic rings. The number of carbonyl (C=O) groups is 2. The molecule has 1 aliphatic heterocycles. The fourth-order valence-electron chi connectivity index (χ4n) is 3.20. The summed E-state index contributed by atoms with van der Waals surface area (Å²) in [6.45, 7) is 2.24. The first-order valence-corrected chi connectivity index (χ1v) is 9.91. The minimum absolute atomic E-state index is 0.191. The Hall–Kier alpha value is -3.61. The van der Waals surface area contributed by atoms with E-state index in [1.54, 1.807) is 12.1 Å². The molecule has 0 aromatic heterocycles. The molecule has 30 heavy (non-hydrogen) atoms. The monoisotopic (exact) mass is 405 g/mol. The molecule has 3 rings (SSSR count). The van der Waals surface area contributed by atoms with Crippen LogP contribution in [-0.4, -0.2) is 50.9 Å². The van der Waals surface area contributed by atoms with Crippen LogP contribution in [0.15, 0.2) is 59.6 Å². The molecule has 0 unspecified atom stereocenters. The number of aliphatic imine (C=N–C) groups is 1. The first-order valence-electron chi connectivity index (χ1n) is 9.91. The summed E-state index contributed by atoms with van der Waals surface area (Å²) in [5.41, 5.74) is 4.75. The van der Waals surface area contributed by atoms with Gasteiger partial charge in [0.05, 0.1) is 12.3 Å². The Morgan fingerprint density at radius 3 is 2.57 bits per heavy atom. The van der Waals surface area contributed by atoms with Gasteiger partial charge in [0.25, 0.3) is 5.91 Å². The maximum atomic E-state index is 12.2. The quantitative estimate of drug-likeness (QED) is 0.685. The van der Waals surface area contributed by atoms with Crippen LogP contribution in [0.3, 0.4) is 0 Å². The molecule has 7 heteroatoms. The van der Waals surface area contributed by atoms with E-state index in [0.29, 0.717) is 18.5 Å². The number of rotatable bonds is 7. The molecule has 2 amide bonds. The highest BCUT2D eigenvalue weighted by atomic mass is 16.4. The lowest BCUT2D eigenvalue weighted by atomic mass is 10.0. The molecule has 0 saturated carbocycles. The van der Waals surface area contributed by atoms with Crippen LogP contribution in [0.25, 0.3) is 6.08 Å². The summed E-state index contributed by atoms with van der Waals surface area (Å²) in [4.78, 5) is 29.4. The van der Waals surface area contributed by atoms with Crippen LogP contribution in [0.1, 0.15) is 27.9 Å². The van der Waals surface area contributed by atoms with Crippen LogP contribution >= 0.6 is 0 Å². The van der Waals surface area contributed by atoms with E-state index in [-0.39, 0.29) is 12.5 Å². The zero-order valence-corrected chi connectivity index (χ0v) is 16.9. The zero-order chi connectivity index (χ0) is 21.3. The van der Waals surface area contributed by atoms with Crippen LogP contribution < -0.4 is 20.6 Å². The molecule has 1 aliphatic rings. The van der Waals surface area contributed by atoms with E-state index in [1.165, 1.54) is 5.69 Å². The highest BCUT2D eigenvalue weighted by Crippen LogP contribution is 2.23. The number of fused-ring (bicyclic) bond motifs is 1. The summed E-state index contributed by atoms with van der Waals surface area (Å²) < 4.78 is 0. The highest BCUT2D eigenvalue weighted by Gasteiger charge is 2.13. The third-order valence-corrected chi connectivity index (χ3v) is 4.82. The fourth-order valence-corrected chi connectivity index (χ4v) is 3.20. The van der Waals surface area contributed by atoms with Crippen molar-refractivity contribution < 1.29 is 14.7 Å². The van der Waals surface area contributed by atoms with Crippen molar-refractivity contribution in [2.45, 2.75) is 6.42 Å². The van der Waals surface area contributed by atoms with E-state index in [4.69, 9.17) is 4.99 Å². The van der Waals surface area contributed by atoms with Gasteiger partial charge in [-0.2, -0.15) is 0 Å². The molecule has 2 aromatic carbocycles. The lowest BCUT2D eigenvalue weighted by Gasteiger charge is -2.18.